The minimum Gasteiger partial charge on any atom is -0.504 e. The van der Waals surface area contributed by atoms with Gasteiger partial charge in [0.15, 0.2) is 23.1 Å². The average Bonchev–Trinajstić information content (AvgIpc) is 2.61. The van der Waals surface area contributed by atoms with Crippen molar-refractivity contribution in [2.24, 2.45) is 0 Å². The van der Waals surface area contributed by atoms with Gasteiger partial charge in [-0.1, -0.05) is 6.07 Å². The maximum absolute atomic E-state index is 11.9. The van der Waals surface area contributed by atoms with Gasteiger partial charge in [-0.05, 0) is 23.8 Å². The van der Waals surface area contributed by atoms with E-state index in [9.17, 15) is 20.0 Å². The predicted molar refractivity (Wildman–Crippen MR) is 89.8 cm³/mol. The molecule has 0 aliphatic rings. The number of anilines is 1. The van der Waals surface area contributed by atoms with Crippen LogP contribution in [-0.4, -0.2) is 35.1 Å². The molecule has 0 radical (unpaired) electrons. The molecule has 1 heterocycles. The van der Waals surface area contributed by atoms with E-state index >= 15 is 0 Å². The van der Waals surface area contributed by atoms with Gasteiger partial charge in [-0.3, -0.25) is 14.9 Å². The van der Waals surface area contributed by atoms with Crippen LogP contribution in [0.3, 0.4) is 0 Å². The summed E-state index contributed by atoms with van der Waals surface area (Å²) in [4.78, 5) is 25.4. The van der Waals surface area contributed by atoms with Gasteiger partial charge < -0.3 is 19.9 Å². The standard InChI is InChI=1S/C16H15N3O6/c1-24-13-5-3-10(7-14(13)25-2)4-6-15(21)18-16-12(20)8-11(9-17-16)19(22)23/h3-9,20H,1-2H3,(H,17,18,21)/b6-4+. The topological polar surface area (TPSA) is 124 Å². The molecule has 130 valence electrons. The van der Waals surface area contributed by atoms with E-state index in [1.807, 2.05) is 0 Å². The van der Waals surface area contributed by atoms with Gasteiger partial charge in [0.25, 0.3) is 5.69 Å². The first-order valence-electron chi connectivity index (χ1n) is 6.99. The van der Waals surface area contributed by atoms with Gasteiger partial charge in [-0.2, -0.15) is 0 Å². The first kappa shape index (κ1) is 17.7. The van der Waals surface area contributed by atoms with E-state index in [0.29, 0.717) is 17.1 Å². The van der Waals surface area contributed by atoms with Crippen molar-refractivity contribution in [1.29, 1.82) is 0 Å². The van der Waals surface area contributed by atoms with Gasteiger partial charge in [0.1, 0.15) is 6.20 Å². The van der Waals surface area contributed by atoms with Crippen LogP contribution in [0, 0.1) is 10.1 Å². The number of rotatable bonds is 6. The summed E-state index contributed by atoms with van der Waals surface area (Å²) in [6, 6.07) is 6.01. The largest absolute Gasteiger partial charge is 0.504 e. The number of nitro groups is 1. The zero-order valence-corrected chi connectivity index (χ0v) is 13.4. The Labute approximate surface area is 142 Å². The van der Waals surface area contributed by atoms with Gasteiger partial charge in [-0.25, -0.2) is 4.98 Å². The molecule has 1 amide bonds. The normalized spacial score (nSPS) is 10.5. The Kier molecular flexibility index (Phi) is 5.51. The summed E-state index contributed by atoms with van der Waals surface area (Å²) in [5, 5.41) is 22.6. The summed E-state index contributed by atoms with van der Waals surface area (Å²) in [6.45, 7) is 0. The molecule has 0 saturated carbocycles. The molecule has 0 aliphatic carbocycles. The molecule has 1 aromatic carbocycles. The van der Waals surface area contributed by atoms with E-state index in [-0.39, 0.29) is 11.5 Å². The molecule has 0 aliphatic heterocycles. The van der Waals surface area contributed by atoms with Gasteiger partial charge in [-0.15, -0.1) is 0 Å². The van der Waals surface area contributed by atoms with E-state index in [1.165, 1.54) is 26.4 Å². The van der Waals surface area contributed by atoms with Gasteiger partial charge in [0.2, 0.25) is 5.91 Å². The zero-order chi connectivity index (χ0) is 18.4. The number of hydrogen-bond donors (Lipinski definition) is 2. The molecule has 9 nitrogen and oxygen atoms in total. The predicted octanol–water partition coefficient (Wildman–Crippen LogP) is 2.36. The molecule has 0 fully saturated rings. The molecular weight excluding hydrogens is 330 g/mol. The average molecular weight is 345 g/mol. The number of nitrogens with zero attached hydrogens (tertiary/aromatic N) is 2. The van der Waals surface area contributed by atoms with Gasteiger partial charge >= 0.3 is 0 Å². The number of methoxy groups -OCH3 is 2. The lowest BCUT2D eigenvalue weighted by molar-refractivity contribution is -0.385. The van der Waals surface area contributed by atoms with Crippen molar-refractivity contribution in [2.45, 2.75) is 0 Å². The third-order valence-corrected chi connectivity index (χ3v) is 3.14. The van der Waals surface area contributed by atoms with Crippen molar-refractivity contribution in [3.05, 3.63) is 52.2 Å². The van der Waals surface area contributed by atoms with Crippen LogP contribution in [0.2, 0.25) is 0 Å². The first-order valence-corrected chi connectivity index (χ1v) is 6.99. The van der Waals surface area contributed by atoms with E-state index in [2.05, 4.69) is 10.3 Å². The molecule has 2 N–H and O–H groups in total. The number of carbonyl (C=O) groups is 1. The van der Waals surface area contributed by atoms with Crippen LogP contribution in [0.5, 0.6) is 17.2 Å². The van der Waals surface area contributed by atoms with Crippen LogP contribution < -0.4 is 14.8 Å². The van der Waals surface area contributed by atoms with E-state index < -0.39 is 16.6 Å². The summed E-state index contributed by atoms with van der Waals surface area (Å²) in [6.07, 6.45) is 3.69. The number of hydrogen-bond acceptors (Lipinski definition) is 7. The Morgan fingerprint density at radius 1 is 1.28 bits per heavy atom. The smallest absolute Gasteiger partial charge is 0.291 e. The summed E-state index contributed by atoms with van der Waals surface area (Å²) in [5.74, 6) is -0.162. The lowest BCUT2D eigenvalue weighted by Crippen LogP contribution is -2.09. The monoisotopic (exact) mass is 345 g/mol. The number of carbonyl (C=O) groups excluding carboxylic acids is 1. The van der Waals surface area contributed by atoms with Crippen molar-refractivity contribution < 1.29 is 24.3 Å². The minimum absolute atomic E-state index is 0.174. The van der Waals surface area contributed by atoms with Crippen molar-refractivity contribution in [2.75, 3.05) is 19.5 Å². The van der Waals surface area contributed by atoms with E-state index in [1.54, 1.807) is 18.2 Å². The highest BCUT2D eigenvalue weighted by Gasteiger charge is 2.12. The molecule has 0 spiro atoms. The second kappa shape index (κ2) is 7.77. The highest BCUT2D eigenvalue weighted by molar-refractivity contribution is 6.02. The molecule has 9 heteroatoms. The molecule has 0 atom stereocenters. The lowest BCUT2D eigenvalue weighted by Gasteiger charge is -2.07. The second-order valence-electron chi connectivity index (χ2n) is 4.76. The quantitative estimate of drug-likeness (QED) is 0.468. The summed E-state index contributed by atoms with van der Waals surface area (Å²) in [5.41, 5.74) is 0.310. The SMILES string of the molecule is COc1ccc(/C=C/C(=O)Nc2ncc([N+](=O)[O-])cc2O)cc1OC. The van der Waals surface area contributed by atoms with Crippen molar-refractivity contribution >= 4 is 23.5 Å². The molecule has 2 rings (SSSR count). The van der Waals surface area contributed by atoms with Crippen LogP contribution in [0.4, 0.5) is 11.5 Å². The Morgan fingerprint density at radius 2 is 2.00 bits per heavy atom. The minimum atomic E-state index is -0.699. The fraction of sp³-hybridized carbons (Fsp3) is 0.125. The van der Waals surface area contributed by atoms with Crippen LogP contribution in [-0.2, 0) is 4.79 Å². The third kappa shape index (κ3) is 4.44. The number of benzene rings is 1. The van der Waals surface area contributed by atoms with Crippen LogP contribution in [0.15, 0.2) is 36.5 Å². The number of aromatic nitrogens is 1. The van der Waals surface area contributed by atoms with E-state index in [4.69, 9.17) is 9.47 Å². The number of ether oxygens (including phenoxy) is 2. The van der Waals surface area contributed by atoms with Crippen LogP contribution >= 0.6 is 0 Å². The highest BCUT2D eigenvalue weighted by atomic mass is 16.6. The molecular formula is C16H15N3O6. The Balaban J connectivity index is 2.10. The van der Waals surface area contributed by atoms with Crippen molar-refractivity contribution in [3.8, 4) is 17.2 Å². The molecule has 0 unspecified atom stereocenters. The fourth-order valence-electron chi connectivity index (χ4n) is 1.93. The molecule has 0 bridgehead atoms. The summed E-state index contributed by atoms with van der Waals surface area (Å²) < 4.78 is 10.3. The fourth-order valence-corrected chi connectivity index (χ4v) is 1.93. The van der Waals surface area contributed by atoms with Crippen molar-refractivity contribution in [3.63, 3.8) is 0 Å². The Morgan fingerprint density at radius 3 is 2.60 bits per heavy atom. The highest BCUT2D eigenvalue weighted by Crippen LogP contribution is 2.28. The van der Waals surface area contributed by atoms with E-state index in [0.717, 1.165) is 12.3 Å². The zero-order valence-electron chi connectivity index (χ0n) is 13.4. The Bertz CT molecular complexity index is 835. The molecule has 25 heavy (non-hydrogen) atoms. The number of aromatic hydroxyl groups is 1. The maximum atomic E-state index is 11.9. The number of amides is 1. The molecule has 1 aromatic heterocycles. The van der Waals surface area contributed by atoms with Crippen molar-refractivity contribution in [1.82, 2.24) is 4.98 Å². The first-order chi connectivity index (χ1) is 11.9. The number of nitrogens with one attached hydrogen (secondary N) is 1. The van der Waals surface area contributed by atoms with Gasteiger partial charge in [0, 0.05) is 6.08 Å². The van der Waals surface area contributed by atoms with Crippen LogP contribution in [0.1, 0.15) is 5.56 Å². The lowest BCUT2D eigenvalue weighted by atomic mass is 10.2. The Hall–Kier alpha value is -3.62. The summed E-state index contributed by atoms with van der Waals surface area (Å²) >= 11 is 0. The second-order valence-corrected chi connectivity index (χ2v) is 4.76. The summed E-state index contributed by atoms with van der Waals surface area (Å²) in [7, 11) is 3.02. The number of pyridine rings is 1. The molecule has 0 saturated heterocycles. The molecule has 2 aromatic rings. The van der Waals surface area contributed by atoms with Crippen LogP contribution in [0.25, 0.3) is 6.08 Å². The van der Waals surface area contributed by atoms with Gasteiger partial charge in [0.05, 0.1) is 25.2 Å². The maximum Gasteiger partial charge on any atom is 0.291 e. The third-order valence-electron chi connectivity index (χ3n) is 3.14.